The summed E-state index contributed by atoms with van der Waals surface area (Å²) in [5.41, 5.74) is 9.50. The fourth-order valence-electron chi connectivity index (χ4n) is 1.48. The minimum Gasteiger partial charge on any atom is -0.322 e. The molecule has 72 valence electrons. The fraction of sp³-hybridized carbons (Fsp3) is 0.455. The molecule has 1 aromatic carbocycles. The van der Waals surface area contributed by atoms with E-state index >= 15 is 0 Å². The van der Waals surface area contributed by atoms with E-state index in [9.17, 15) is 0 Å². The van der Waals surface area contributed by atoms with Gasteiger partial charge in [0.05, 0.1) is 0 Å². The topological polar surface area (TPSA) is 26.0 Å². The predicted octanol–water partition coefficient (Wildman–Crippen LogP) is 3.26. The first-order valence-electron chi connectivity index (χ1n) is 4.38. The molecule has 2 N–H and O–H groups in total. The maximum absolute atomic E-state index is 6.06. The summed E-state index contributed by atoms with van der Waals surface area (Å²) in [6.07, 6.45) is 0. The molecule has 1 aromatic rings. The second-order valence-electron chi connectivity index (χ2n) is 4.14. The van der Waals surface area contributed by atoms with Crippen molar-refractivity contribution in [2.45, 2.75) is 33.2 Å². The smallest absolute Gasteiger partial charge is 0.0355 e. The van der Waals surface area contributed by atoms with Crippen molar-refractivity contribution in [2.24, 2.45) is 5.73 Å². The Morgan fingerprint density at radius 1 is 1.15 bits per heavy atom. The lowest BCUT2D eigenvalue weighted by Crippen LogP contribution is -2.29. The molecule has 0 atom stereocenters. The molecule has 1 rings (SSSR count). The number of benzene rings is 1. The number of aryl methyl sites for hydroxylation is 2. The van der Waals surface area contributed by atoms with Gasteiger partial charge < -0.3 is 5.73 Å². The second-order valence-corrected chi connectivity index (χ2v) is 4.99. The number of rotatable bonds is 1. The van der Waals surface area contributed by atoms with Gasteiger partial charge in [-0.1, -0.05) is 22.0 Å². The Morgan fingerprint density at radius 2 is 1.69 bits per heavy atom. The van der Waals surface area contributed by atoms with Crippen LogP contribution in [0.5, 0.6) is 0 Å². The summed E-state index contributed by atoms with van der Waals surface area (Å²) < 4.78 is 1.15. The van der Waals surface area contributed by atoms with Gasteiger partial charge in [0.25, 0.3) is 0 Å². The number of halogens is 1. The van der Waals surface area contributed by atoms with Gasteiger partial charge in [-0.3, -0.25) is 0 Å². The molecule has 0 amide bonds. The average molecular weight is 242 g/mol. The first-order chi connectivity index (χ1) is 5.82. The van der Waals surface area contributed by atoms with Crippen LogP contribution in [-0.2, 0) is 5.54 Å². The van der Waals surface area contributed by atoms with Crippen molar-refractivity contribution < 1.29 is 0 Å². The normalized spacial score (nSPS) is 11.8. The third-order valence-corrected chi connectivity index (χ3v) is 3.05. The summed E-state index contributed by atoms with van der Waals surface area (Å²) in [5, 5.41) is 0. The summed E-state index contributed by atoms with van der Waals surface area (Å²) >= 11 is 3.51. The van der Waals surface area contributed by atoms with Gasteiger partial charge in [-0.2, -0.15) is 0 Å². The van der Waals surface area contributed by atoms with Gasteiger partial charge in [-0.05, 0) is 50.5 Å². The highest BCUT2D eigenvalue weighted by atomic mass is 79.9. The largest absolute Gasteiger partial charge is 0.322 e. The van der Waals surface area contributed by atoms with Crippen molar-refractivity contribution in [3.05, 3.63) is 33.3 Å². The molecule has 2 heteroatoms. The fourth-order valence-corrected chi connectivity index (χ4v) is 1.93. The Morgan fingerprint density at radius 3 is 2.15 bits per heavy atom. The molecule has 0 aromatic heterocycles. The molecule has 0 spiro atoms. The Balaban J connectivity index is 3.32. The standard InChI is InChI=1S/C11H16BrN/c1-7-6-10(12)8(2)5-9(7)11(3,4)13/h5-6H,13H2,1-4H3. The van der Waals surface area contributed by atoms with E-state index in [2.05, 4.69) is 41.9 Å². The molecule has 0 heterocycles. The first kappa shape index (κ1) is 10.7. The molecular weight excluding hydrogens is 226 g/mol. The lowest BCUT2D eigenvalue weighted by atomic mass is 9.90. The van der Waals surface area contributed by atoms with Crippen LogP contribution < -0.4 is 5.73 Å². The Labute approximate surface area is 88.5 Å². The molecule has 0 aliphatic rings. The third kappa shape index (κ3) is 2.32. The van der Waals surface area contributed by atoms with Gasteiger partial charge in [0, 0.05) is 10.0 Å². The van der Waals surface area contributed by atoms with Crippen LogP contribution in [0.1, 0.15) is 30.5 Å². The van der Waals surface area contributed by atoms with Crippen LogP contribution in [0.4, 0.5) is 0 Å². The van der Waals surface area contributed by atoms with Gasteiger partial charge in [-0.25, -0.2) is 0 Å². The molecule has 1 nitrogen and oxygen atoms in total. The molecule has 13 heavy (non-hydrogen) atoms. The highest BCUT2D eigenvalue weighted by molar-refractivity contribution is 9.10. The van der Waals surface area contributed by atoms with E-state index in [1.54, 1.807) is 0 Å². The van der Waals surface area contributed by atoms with Crippen LogP contribution in [0.15, 0.2) is 16.6 Å². The quantitative estimate of drug-likeness (QED) is 0.803. The predicted molar refractivity (Wildman–Crippen MR) is 60.8 cm³/mol. The zero-order valence-corrected chi connectivity index (χ0v) is 10.2. The monoisotopic (exact) mass is 241 g/mol. The molecule has 0 bridgehead atoms. The highest BCUT2D eigenvalue weighted by Crippen LogP contribution is 2.26. The Hall–Kier alpha value is -0.340. The molecule has 0 aliphatic carbocycles. The van der Waals surface area contributed by atoms with Crippen molar-refractivity contribution in [1.82, 2.24) is 0 Å². The summed E-state index contributed by atoms with van der Waals surface area (Å²) in [6, 6.07) is 4.28. The van der Waals surface area contributed by atoms with Crippen molar-refractivity contribution in [1.29, 1.82) is 0 Å². The zero-order valence-electron chi connectivity index (χ0n) is 8.61. The summed E-state index contributed by atoms with van der Waals surface area (Å²) in [6.45, 7) is 8.23. The van der Waals surface area contributed by atoms with Crippen molar-refractivity contribution in [3.63, 3.8) is 0 Å². The average Bonchev–Trinajstić information content (AvgIpc) is 1.94. The van der Waals surface area contributed by atoms with Crippen LogP contribution in [0, 0.1) is 13.8 Å². The minimum atomic E-state index is -0.254. The van der Waals surface area contributed by atoms with E-state index in [4.69, 9.17) is 5.73 Å². The summed E-state index contributed by atoms with van der Waals surface area (Å²) in [4.78, 5) is 0. The van der Waals surface area contributed by atoms with Gasteiger partial charge >= 0.3 is 0 Å². The lowest BCUT2D eigenvalue weighted by molar-refractivity contribution is 0.550. The van der Waals surface area contributed by atoms with E-state index < -0.39 is 0 Å². The van der Waals surface area contributed by atoms with Crippen LogP contribution in [0.25, 0.3) is 0 Å². The van der Waals surface area contributed by atoms with E-state index in [0.717, 1.165) is 4.47 Å². The van der Waals surface area contributed by atoms with E-state index in [0.29, 0.717) is 0 Å². The number of hydrogen-bond acceptors (Lipinski definition) is 1. The summed E-state index contributed by atoms with van der Waals surface area (Å²) in [7, 11) is 0. The molecule has 0 aliphatic heterocycles. The molecule has 0 saturated carbocycles. The van der Waals surface area contributed by atoms with Crippen LogP contribution in [-0.4, -0.2) is 0 Å². The third-order valence-electron chi connectivity index (χ3n) is 2.20. The van der Waals surface area contributed by atoms with Crippen LogP contribution >= 0.6 is 15.9 Å². The van der Waals surface area contributed by atoms with Gasteiger partial charge in [0.2, 0.25) is 0 Å². The van der Waals surface area contributed by atoms with Crippen molar-refractivity contribution in [3.8, 4) is 0 Å². The molecule has 0 fully saturated rings. The van der Waals surface area contributed by atoms with Gasteiger partial charge in [0.15, 0.2) is 0 Å². The zero-order chi connectivity index (χ0) is 10.2. The molecule has 0 radical (unpaired) electrons. The van der Waals surface area contributed by atoms with E-state index in [1.807, 2.05) is 13.8 Å². The van der Waals surface area contributed by atoms with E-state index in [1.165, 1.54) is 16.7 Å². The van der Waals surface area contributed by atoms with Gasteiger partial charge in [-0.15, -0.1) is 0 Å². The maximum Gasteiger partial charge on any atom is 0.0355 e. The van der Waals surface area contributed by atoms with Crippen LogP contribution in [0.2, 0.25) is 0 Å². The van der Waals surface area contributed by atoms with Crippen molar-refractivity contribution >= 4 is 15.9 Å². The first-order valence-corrected chi connectivity index (χ1v) is 5.18. The van der Waals surface area contributed by atoms with Gasteiger partial charge in [0.1, 0.15) is 0 Å². The number of hydrogen-bond donors (Lipinski definition) is 1. The highest BCUT2D eigenvalue weighted by Gasteiger charge is 2.17. The molecule has 0 saturated heterocycles. The number of nitrogens with two attached hydrogens (primary N) is 1. The van der Waals surface area contributed by atoms with Crippen molar-refractivity contribution in [2.75, 3.05) is 0 Å². The minimum absolute atomic E-state index is 0.254. The van der Waals surface area contributed by atoms with E-state index in [-0.39, 0.29) is 5.54 Å². The SMILES string of the molecule is Cc1cc(C(C)(C)N)c(C)cc1Br. The maximum atomic E-state index is 6.06. The second kappa shape index (κ2) is 3.43. The molecular formula is C11H16BrN. The Kier molecular flexibility index (Phi) is 2.83. The lowest BCUT2D eigenvalue weighted by Gasteiger charge is -2.22. The molecule has 0 unspecified atom stereocenters. The summed E-state index contributed by atoms with van der Waals surface area (Å²) in [5.74, 6) is 0. The van der Waals surface area contributed by atoms with Crippen LogP contribution in [0.3, 0.4) is 0 Å². The Bertz CT molecular complexity index is 324.